The number of rotatable bonds is 5. The van der Waals surface area contributed by atoms with Crippen LogP contribution in [0.2, 0.25) is 0 Å². The fourth-order valence-electron chi connectivity index (χ4n) is 0.921. The highest BCUT2D eigenvalue weighted by Gasteiger charge is 2.18. The Labute approximate surface area is 81.5 Å². The number of aromatic nitrogens is 1. The van der Waals surface area contributed by atoms with Crippen molar-refractivity contribution in [3.8, 4) is 0 Å². The summed E-state index contributed by atoms with van der Waals surface area (Å²) in [5.74, 6) is 0. The molecule has 2 atom stereocenters. The van der Waals surface area contributed by atoms with E-state index in [9.17, 15) is 0 Å². The van der Waals surface area contributed by atoms with E-state index in [4.69, 9.17) is 15.3 Å². The van der Waals surface area contributed by atoms with Crippen molar-refractivity contribution < 1.29 is 9.52 Å². The van der Waals surface area contributed by atoms with Crippen LogP contribution in [-0.2, 0) is 0 Å². The Balaban J connectivity index is 2.49. The van der Waals surface area contributed by atoms with Gasteiger partial charge in [0.2, 0.25) is 0 Å². The molecule has 1 heterocycles. The highest BCUT2D eigenvalue weighted by molar-refractivity contribution is 7.99. The van der Waals surface area contributed by atoms with Gasteiger partial charge in [-0.1, -0.05) is 18.7 Å². The van der Waals surface area contributed by atoms with Crippen molar-refractivity contribution in [2.45, 2.75) is 29.9 Å². The summed E-state index contributed by atoms with van der Waals surface area (Å²) in [5, 5.41) is 9.58. The van der Waals surface area contributed by atoms with Crippen LogP contribution in [0.5, 0.6) is 0 Å². The van der Waals surface area contributed by atoms with Gasteiger partial charge < -0.3 is 15.3 Å². The van der Waals surface area contributed by atoms with Crippen molar-refractivity contribution in [1.29, 1.82) is 0 Å². The molecular formula is C8H14N2O2S. The van der Waals surface area contributed by atoms with Gasteiger partial charge in [-0.3, -0.25) is 0 Å². The highest BCUT2D eigenvalue weighted by atomic mass is 32.2. The Morgan fingerprint density at radius 1 is 1.77 bits per heavy atom. The molecule has 0 fully saturated rings. The smallest absolute Gasteiger partial charge is 0.255 e. The van der Waals surface area contributed by atoms with Gasteiger partial charge >= 0.3 is 0 Å². The maximum absolute atomic E-state index is 9.06. The van der Waals surface area contributed by atoms with E-state index in [1.165, 1.54) is 18.0 Å². The molecule has 1 aromatic heterocycles. The number of nitrogens with zero attached hydrogens (tertiary/aromatic N) is 1. The lowest BCUT2D eigenvalue weighted by atomic mass is 10.2. The molecule has 2 unspecified atom stereocenters. The molecule has 13 heavy (non-hydrogen) atoms. The third kappa shape index (κ3) is 3.02. The van der Waals surface area contributed by atoms with Crippen molar-refractivity contribution in [2.75, 3.05) is 6.61 Å². The summed E-state index contributed by atoms with van der Waals surface area (Å²) in [4.78, 5) is 3.95. The van der Waals surface area contributed by atoms with Gasteiger partial charge in [0, 0.05) is 6.04 Å². The third-order valence-electron chi connectivity index (χ3n) is 1.79. The van der Waals surface area contributed by atoms with E-state index in [1.807, 2.05) is 6.92 Å². The van der Waals surface area contributed by atoms with Crippen LogP contribution in [0, 0.1) is 0 Å². The number of thioether (sulfide) groups is 1. The Hall–Kier alpha value is -0.520. The minimum Gasteiger partial charge on any atom is -0.440 e. The topological polar surface area (TPSA) is 72.3 Å². The Kier molecular flexibility index (Phi) is 4.27. The number of aliphatic hydroxyl groups excluding tert-OH is 1. The lowest BCUT2D eigenvalue weighted by Crippen LogP contribution is -2.34. The summed E-state index contributed by atoms with van der Waals surface area (Å²) < 4.78 is 5.05. The predicted molar refractivity (Wildman–Crippen MR) is 51.5 cm³/mol. The first-order chi connectivity index (χ1) is 6.27. The van der Waals surface area contributed by atoms with Crippen LogP contribution in [0.4, 0.5) is 0 Å². The van der Waals surface area contributed by atoms with Crippen molar-refractivity contribution in [3.05, 3.63) is 12.5 Å². The van der Waals surface area contributed by atoms with E-state index in [0.29, 0.717) is 5.22 Å². The number of hydrogen-bond acceptors (Lipinski definition) is 5. The Morgan fingerprint density at radius 3 is 3.00 bits per heavy atom. The van der Waals surface area contributed by atoms with E-state index in [0.717, 1.165) is 6.42 Å². The van der Waals surface area contributed by atoms with Crippen LogP contribution < -0.4 is 5.73 Å². The summed E-state index contributed by atoms with van der Waals surface area (Å²) in [6, 6.07) is -0.0260. The maximum Gasteiger partial charge on any atom is 0.255 e. The van der Waals surface area contributed by atoms with Gasteiger partial charge in [-0.15, -0.1) is 0 Å². The predicted octanol–water partition coefficient (Wildman–Crippen LogP) is 0.865. The van der Waals surface area contributed by atoms with Crippen molar-refractivity contribution in [3.63, 3.8) is 0 Å². The summed E-state index contributed by atoms with van der Waals surface area (Å²) in [6.07, 6.45) is 3.92. The van der Waals surface area contributed by atoms with Gasteiger partial charge in [-0.25, -0.2) is 4.98 Å². The van der Waals surface area contributed by atoms with Crippen LogP contribution in [0.15, 0.2) is 22.1 Å². The zero-order chi connectivity index (χ0) is 9.68. The van der Waals surface area contributed by atoms with Gasteiger partial charge in [-0.2, -0.15) is 0 Å². The molecule has 3 N–H and O–H groups in total. The second-order valence-electron chi connectivity index (χ2n) is 2.71. The van der Waals surface area contributed by atoms with Crippen LogP contribution in [0.3, 0.4) is 0 Å². The molecular weight excluding hydrogens is 188 g/mol. The average molecular weight is 202 g/mol. The van der Waals surface area contributed by atoms with Crippen LogP contribution in [0.1, 0.15) is 13.3 Å². The Bertz CT molecular complexity index is 228. The van der Waals surface area contributed by atoms with Crippen LogP contribution in [-0.4, -0.2) is 28.0 Å². The first-order valence-electron chi connectivity index (χ1n) is 4.20. The number of oxazole rings is 1. The van der Waals surface area contributed by atoms with Gasteiger partial charge in [-0.05, 0) is 6.42 Å². The van der Waals surface area contributed by atoms with Crippen molar-refractivity contribution >= 4 is 11.8 Å². The second kappa shape index (κ2) is 5.26. The number of hydrogen-bond donors (Lipinski definition) is 2. The molecule has 0 aliphatic carbocycles. The van der Waals surface area contributed by atoms with Crippen LogP contribution >= 0.6 is 11.8 Å². The molecule has 74 valence electrons. The zero-order valence-electron chi connectivity index (χ0n) is 7.51. The zero-order valence-corrected chi connectivity index (χ0v) is 8.33. The SMILES string of the molecule is CCC(N)C(CO)Sc1ncco1. The molecule has 1 rings (SSSR count). The quantitative estimate of drug-likeness (QED) is 0.693. The number of aliphatic hydroxyl groups is 1. The monoisotopic (exact) mass is 202 g/mol. The van der Waals surface area contributed by atoms with E-state index in [-0.39, 0.29) is 17.9 Å². The molecule has 0 aliphatic heterocycles. The molecule has 0 aromatic carbocycles. The highest BCUT2D eigenvalue weighted by Crippen LogP contribution is 2.23. The molecule has 0 amide bonds. The fourth-order valence-corrected chi connectivity index (χ4v) is 1.85. The lowest BCUT2D eigenvalue weighted by molar-refractivity contribution is 0.280. The molecule has 4 nitrogen and oxygen atoms in total. The maximum atomic E-state index is 9.06. The lowest BCUT2D eigenvalue weighted by Gasteiger charge is -2.17. The molecule has 0 aliphatic rings. The molecule has 0 saturated heterocycles. The van der Waals surface area contributed by atoms with Gasteiger partial charge in [0.1, 0.15) is 6.26 Å². The second-order valence-corrected chi connectivity index (χ2v) is 3.90. The first kappa shape index (κ1) is 10.6. The summed E-state index contributed by atoms with van der Waals surface area (Å²) in [6.45, 7) is 2.03. The van der Waals surface area contributed by atoms with Crippen molar-refractivity contribution in [1.82, 2.24) is 4.98 Å². The number of nitrogens with two attached hydrogens (primary N) is 1. The molecule has 0 saturated carbocycles. The Morgan fingerprint density at radius 2 is 2.54 bits per heavy atom. The summed E-state index contributed by atoms with van der Waals surface area (Å²) in [5.41, 5.74) is 5.79. The molecule has 1 aromatic rings. The normalized spacial score (nSPS) is 15.6. The average Bonchev–Trinajstić information content (AvgIpc) is 2.65. The van der Waals surface area contributed by atoms with E-state index < -0.39 is 0 Å². The summed E-state index contributed by atoms with van der Waals surface area (Å²) in [7, 11) is 0. The van der Waals surface area contributed by atoms with E-state index in [2.05, 4.69) is 4.98 Å². The third-order valence-corrected chi connectivity index (χ3v) is 3.00. The van der Waals surface area contributed by atoms with E-state index >= 15 is 0 Å². The van der Waals surface area contributed by atoms with Gasteiger partial charge in [0.25, 0.3) is 5.22 Å². The summed E-state index contributed by atoms with van der Waals surface area (Å²) >= 11 is 1.38. The molecule has 0 bridgehead atoms. The van der Waals surface area contributed by atoms with Crippen molar-refractivity contribution in [2.24, 2.45) is 5.73 Å². The molecule has 5 heteroatoms. The van der Waals surface area contributed by atoms with Crippen LogP contribution in [0.25, 0.3) is 0 Å². The fraction of sp³-hybridized carbons (Fsp3) is 0.625. The largest absolute Gasteiger partial charge is 0.440 e. The minimum absolute atomic E-state index is 0.0260. The van der Waals surface area contributed by atoms with Gasteiger partial charge in [0.05, 0.1) is 18.1 Å². The minimum atomic E-state index is -0.0383. The van der Waals surface area contributed by atoms with Gasteiger partial charge in [0.15, 0.2) is 0 Å². The molecule has 0 radical (unpaired) electrons. The van der Waals surface area contributed by atoms with E-state index in [1.54, 1.807) is 6.20 Å². The molecule has 0 spiro atoms. The first-order valence-corrected chi connectivity index (χ1v) is 5.08. The standard InChI is InChI=1S/C8H14N2O2S/c1-2-6(9)7(5-11)13-8-10-3-4-12-8/h3-4,6-7,11H,2,5,9H2,1H3.